The van der Waals surface area contributed by atoms with E-state index in [4.69, 9.17) is 0 Å². The molecule has 43 heavy (non-hydrogen) atoms. The highest BCUT2D eigenvalue weighted by Gasteiger charge is 2.18. The molecule has 9 aromatic rings. The normalized spacial score (nSPS) is 11.7. The largest absolute Gasteiger partial charge is 0.309 e. The molecule has 0 N–H and O–H groups in total. The van der Waals surface area contributed by atoms with E-state index < -0.39 is 0 Å². The minimum absolute atomic E-state index is 1.16. The molecule has 0 aliphatic rings. The maximum absolute atomic E-state index is 2.50. The van der Waals surface area contributed by atoms with E-state index in [1.807, 2.05) is 0 Å². The summed E-state index contributed by atoms with van der Waals surface area (Å²) in [6.07, 6.45) is 0. The van der Waals surface area contributed by atoms with E-state index in [0.29, 0.717) is 0 Å². The molecule has 9 rings (SSSR count). The topological polar surface area (TPSA) is 4.93 Å². The van der Waals surface area contributed by atoms with Gasteiger partial charge in [-0.05, 0) is 73.5 Å². The predicted molar refractivity (Wildman–Crippen MR) is 184 cm³/mol. The second-order valence-corrected chi connectivity index (χ2v) is 11.4. The zero-order chi connectivity index (χ0) is 28.3. The van der Waals surface area contributed by atoms with Crippen molar-refractivity contribution in [2.45, 2.75) is 0 Å². The molecule has 0 saturated carbocycles. The molecule has 0 fully saturated rings. The lowest BCUT2D eigenvalue weighted by molar-refractivity contribution is 1.19. The third-order valence-electron chi connectivity index (χ3n) is 8.93. The Morgan fingerprint density at radius 2 is 0.884 bits per heavy atom. The molecular weight excluding hydrogens is 518 g/mol. The Bertz CT molecular complexity index is 2430. The lowest BCUT2D eigenvalue weighted by Crippen LogP contribution is -1.97. The Labute approximate surface area is 249 Å². The smallest absolute Gasteiger partial charge is 0.0625 e. The van der Waals surface area contributed by atoms with E-state index >= 15 is 0 Å². The molecule has 0 unspecified atom stereocenters. The molecule has 0 radical (unpaired) electrons. The van der Waals surface area contributed by atoms with Gasteiger partial charge in [-0.3, -0.25) is 0 Å². The SMILES string of the molecule is c1ccc(-c2cc(-c3ccccc3)cc(-n3c4ccccc4c4ccc5ccc6c7ccccc7ccc6c5c43)c2)cc1. The molecule has 1 aromatic heterocycles. The predicted octanol–water partition coefficient (Wildman–Crippen LogP) is 11.6. The number of hydrogen-bond acceptors (Lipinski definition) is 0. The first-order valence-corrected chi connectivity index (χ1v) is 14.9. The summed E-state index contributed by atoms with van der Waals surface area (Å²) in [5.74, 6) is 0. The zero-order valence-corrected chi connectivity index (χ0v) is 23.5. The van der Waals surface area contributed by atoms with E-state index in [1.54, 1.807) is 0 Å². The first-order chi connectivity index (χ1) is 21.3. The fourth-order valence-corrected chi connectivity index (χ4v) is 6.96. The van der Waals surface area contributed by atoms with Crippen LogP contribution in [0.25, 0.3) is 82.1 Å². The summed E-state index contributed by atoms with van der Waals surface area (Å²) in [6, 6.07) is 59.8. The number of rotatable bonds is 3. The summed E-state index contributed by atoms with van der Waals surface area (Å²) in [5, 5.41) is 10.2. The van der Waals surface area contributed by atoms with Gasteiger partial charge in [0.05, 0.1) is 11.0 Å². The van der Waals surface area contributed by atoms with E-state index in [2.05, 4.69) is 168 Å². The average Bonchev–Trinajstić information content (AvgIpc) is 3.43. The molecule has 0 atom stereocenters. The van der Waals surface area contributed by atoms with Crippen LogP contribution in [0.2, 0.25) is 0 Å². The summed E-state index contributed by atoms with van der Waals surface area (Å²) in [6.45, 7) is 0. The summed E-state index contributed by atoms with van der Waals surface area (Å²) < 4.78 is 2.50. The van der Waals surface area contributed by atoms with Crippen molar-refractivity contribution in [1.82, 2.24) is 4.57 Å². The van der Waals surface area contributed by atoms with Crippen LogP contribution < -0.4 is 0 Å². The molecule has 0 saturated heterocycles. The van der Waals surface area contributed by atoms with Gasteiger partial charge in [0.15, 0.2) is 0 Å². The standard InChI is InChI=1S/C42H27N/c1-3-11-28(12-4-1)32-25-33(29-13-5-2-6-14-29)27-34(26-32)43-40-18-10-9-17-37(40)39-24-21-31-20-22-36-35-16-8-7-15-30(35)19-23-38(36)41(31)42(39)43/h1-27H. The van der Waals surface area contributed by atoms with Crippen molar-refractivity contribution in [3.63, 3.8) is 0 Å². The molecule has 0 bridgehead atoms. The van der Waals surface area contributed by atoms with Crippen LogP contribution >= 0.6 is 0 Å². The van der Waals surface area contributed by atoms with Gasteiger partial charge in [0, 0.05) is 21.8 Å². The van der Waals surface area contributed by atoms with Gasteiger partial charge < -0.3 is 4.57 Å². The van der Waals surface area contributed by atoms with Crippen molar-refractivity contribution in [3.05, 3.63) is 164 Å². The molecule has 0 aliphatic heterocycles. The number of benzene rings is 8. The first kappa shape index (κ1) is 24.0. The number of nitrogens with zero attached hydrogens (tertiary/aromatic N) is 1. The van der Waals surface area contributed by atoms with Crippen molar-refractivity contribution >= 4 is 54.1 Å². The zero-order valence-electron chi connectivity index (χ0n) is 23.5. The molecule has 0 aliphatic carbocycles. The third-order valence-corrected chi connectivity index (χ3v) is 8.93. The fraction of sp³-hybridized carbons (Fsp3) is 0. The van der Waals surface area contributed by atoms with E-state index in [-0.39, 0.29) is 0 Å². The fourth-order valence-electron chi connectivity index (χ4n) is 6.96. The Balaban J connectivity index is 1.46. The molecular formula is C42H27N. The van der Waals surface area contributed by atoms with Crippen LogP contribution in [0.5, 0.6) is 0 Å². The summed E-state index contributed by atoms with van der Waals surface area (Å²) in [4.78, 5) is 0. The van der Waals surface area contributed by atoms with Gasteiger partial charge >= 0.3 is 0 Å². The lowest BCUT2D eigenvalue weighted by atomic mass is 9.95. The summed E-state index contributed by atoms with van der Waals surface area (Å²) >= 11 is 0. The van der Waals surface area contributed by atoms with Gasteiger partial charge in [0.1, 0.15) is 0 Å². The molecule has 0 spiro atoms. The highest BCUT2D eigenvalue weighted by atomic mass is 15.0. The van der Waals surface area contributed by atoms with Crippen LogP contribution in [-0.2, 0) is 0 Å². The van der Waals surface area contributed by atoms with E-state index in [0.717, 1.165) is 5.69 Å². The Kier molecular flexibility index (Phi) is 5.27. The van der Waals surface area contributed by atoms with Crippen LogP contribution in [-0.4, -0.2) is 4.57 Å². The van der Waals surface area contributed by atoms with Gasteiger partial charge in [-0.2, -0.15) is 0 Å². The quantitative estimate of drug-likeness (QED) is 0.195. The van der Waals surface area contributed by atoms with Crippen LogP contribution in [0, 0.1) is 0 Å². The highest BCUT2D eigenvalue weighted by molar-refractivity contribution is 6.28. The Hall–Kier alpha value is -5.66. The Morgan fingerprint density at radius 3 is 1.60 bits per heavy atom. The van der Waals surface area contributed by atoms with Crippen molar-refractivity contribution in [2.75, 3.05) is 0 Å². The first-order valence-electron chi connectivity index (χ1n) is 14.9. The average molecular weight is 546 g/mol. The molecule has 1 heteroatoms. The van der Waals surface area contributed by atoms with Crippen LogP contribution in [0.15, 0.2) is 164 Å². The van der Waals surface area contributed by atoms with E-state index in [1.165, 1.54) is 76.4 Å². The van der Waals surface area contributed by atoms with Gasteiger partial charge in [-0.1, -0.05) is 140 Å². The highest BCUT2D eigenvalue weighted by Crippen LogP contribution is 2.42. The van der Waals surface area contributed by atoms with Crippen LogP contribution in [0.3, 0.4) is 0 Å². The number of para-hydroxylation sites is 1. The van der Waals surface area contributed by atoms with Gasteiger partial charge in [0.2, 0.25) is 0 Å². The summed E-state index contributed by atoms with van der Waals surface area (Å²) in [5.41, 5.74) is 8.47. The maximum Gasteiger partial charge on any atom is 0.0625 e. The van der Waals surface area contributed by atoms with Crippen LogP contribution in [0.4, 0.5) is 0 Å². The lowest BCUT2D eigenvalue weighted by Gasteiger charge is -2.16. The number of hydrogen-bond donors (Lipinski definition) is 0. The molecule has 0 amide bonds. The molecule has 8 aromatic carbocycles. The van der Waals surface area contributed by atoms with Crippen molar-refractivity contribution in [3.8, 4) is 27.9 Å². The molecule has 200 valence electrons. The minimum atomic E-state index is 1.16. The Morgan fingerprint density at radius 1 is 0.326 bits per heavy atom. The monoisotopic (exact) mass is 545 g/mol. The van der Waals surface area contributed by atoms with Crippen molar-refractivity contribution < 1.29 is 0 Å². The van der Waals surface area contributed by atoms with Gasteiger partial charge in [-0.25, -0.2) is 0 Å². The van der Waals surface area contributed by atoms with Gasteiger partial charge in [0.25, 0.3) is 0 Å². The van der Waals surface area contributed by atoms with Crippen molar-refractivity contribution in [1.29, 1.82) is 0 Å². The van der Waals surface area contributed by atoms with Gasteiger partial charge in [-0.15, -0.1) is 0 Å². The maximum atomic E-state index is 2.50. The molecule has 1 nitrogen and oxygen atoms in total. The van der Waals surface area contributed by atoms with Crippen LogP contribution in [0.1, 0.15) is 0 Å². The molecule has 1 heterocycles. The van der Waals surface area contributed by atoms with E-state index in [9.17, 15) is 0 Å². The third kappa shape index (κ3) is 3.72. The summed E-state index contributed by atoms with van der Waals surface area (Å²) in [7, 11) is 0. The number of fused-ring (bicyclic) bond motifs is 9. The second-order valence-electron chi connectivity index (χ2n) is 11.4. The number of aromatic nitrogens is 1. The second kappa shape index (κ2) is 9.44. The minimum Gasteiger partial charge on any atom is -0.309 e. The van der Waals surface area contributed by atoms with Crippen molar-refractivity contribution in [2.24, 2.45) is 0 Å².